The minimum absolute atomic E-state index is 1.13. The van der Waals surface area contributed by atoms with Crippen molar-refractivity contribution in [2.75, 3.05) is 18.0 Å². The Balaban J connectivity index is 3.10. The molecule has 94 valence electrons. The molecule has 1 nitrogen and oxygen atoms in total. The van der Waals surface area contributed by atoms with Gasteiger partial charge in [-0.15, -0.1) is 0 Å². The molecule has 0 saturated heterocycles. The molecule has 1 rings (SSSR count). The van der Waals surface area contributed by atoms with Crippen LogP contribution in [0.15, 0.2) is 24.8 Å². The lowest BCUT2D eigenvalue weighted by molar-refractivity contribution is 0.742. The van der Waals surface area contributed by atoms with Crippen molar-refractivity contribution in [3.05, 3.63) is 35.9 Å². The van der Waals surface area contributed by atoms with Crippen LogP contribution in [-0.2, 0) is 0 Å². The average molecular weight is 231 g/mol. The van der Waals surface area contributed by atoms with Crippen LogP contribution < -0.4 is 4.90 Å². The maximum Gasteiger partial charge on any atom is 0.0402 e. The Bertz CT molecular complexity index is 373. The van der Waals surface area contributed by atoms with Gasteiger partial charge in [0, 0.05) is 18.8 Å². The van der Waals surface area contributed by atoms with E-state index in [1.807, 2.05) is 0 Å². The maximum atomic E-state index is 4.06. The molecule has 0 bridgehead atoms. The number of rotatable bonds is 6. The molecule has 0 heterocycles. The molecule has 0 spiro atoms. The number of nitrogens with zero attached hydrogens (tertiary/aromatic N) is 1. The van der Waals surface area contributed by atoms with Crippen molar-refractivity contribution in [2.45, 2.75) is 40.5 Å². The van der Waals surface area contributed by atoms with Crippen molar-refractivity contribution in [3.8, 4) is 0 Å². The lowest BCUT2D eigenvalue weighted by Gasteiger charge is -2.26. The van der Waals surface area contributed by atoms with Gasteiger partial charge in [-0.3, -0.25) is 0 Å². The summed E-state index contributed by atoms with van der Waals surface area (Å²) in [5, 5.41) is 0. The van der Waals surface area contributed by atoms with E-state index in [0.29, 0.717) is 0 Å². The first kappa shape index (κ1) is 13.8. The summed E-state index contributed by atoms with van der Waals surface area (Å²) in [5.41, 5.74) is 5.17. The predicted molar refractivity (Wildman–Crippen MR) is 78.7 cm³/mol. The summed E-state index contributed by atoms with van der Waals surface area (Å²) in [7, 11) is 0. The number of hydrogen-bond acceptors (Lipinski definition) is 1. The smallest absolute Gasteiger partial charge is 0.0402 e. The highest BCUT2D eigenvalue weighted by Crippen LogP contribution is 2.27. The molecule has 0 unspecified atom stereocenters. The molecule has 0 N–H and O–H groups in total. The number of anilines is 1. The Kier molecular flexibility index (Phi) is 5.27. The van der Waals surface area contributed by atoms with Gasteiger partial charge in [-0.2, -0.15) is 0 Å². The molecular weight excluding hydrogens is 206 g/mol. The first-order chi connectivity index (χ1) is 8.11. The van der Waals surface area contributed by atoms with Gasteiger partial charge < -0.3 is 4.90 Å². The van der Waals surface area contributed by atoms with E-state index in [-0.39, 0.29) is 0 Å². The van der Waals surface area contributed by atoms with E-state index in [1.165, 1.54) is 29.7 Å². The number of allylic oxidation sites excluding steroid dienone is 1. The molecule has 1 heteroatoms. The Hall–Kier alpha value is -1.24. The Morgan fingerprint density at radius 1 is 1.18 bits per heavy atom. The lowest BCUT2D eigenvalue weighted by Crippen LogP contribution is -2.25. The van der Waals surface area contributed by atoms with Crippen LogP contribution in [0.4, 0.5) is 5.69 Å². The van der Waals surface area contributed by atoms with Gasteiger partial charge >= 0.3 is 0 Å². The second-order valence-electron chi connectivity index (χ2n) is 4.72. The monoisotopic (exact) mass is 231 g/mol. The Labute approximate surface area is 106 Å². The van der Waals surface area contributed by atoms with Gasteiger partial charge in [0.25, 0.3) is 0 Å². The van der Waals surface area contributed by atoms with Crippen molar-refractivity contribution in [1.29, 1.82) is 0 Å². The number of hydrogen-bond donors (Lipinski definition) is 0. The zero-order valence-electron chi connectivity index (χ0n) is 11.7. The van der Waals surface area contributed by atoms with E-state index in [0.717, 1.165) is 18.7 Å². The summed E-state index contributed by atoms with van der Waals surface area (Å²) in [6.45, 7) is 15.1. The standard InChI is InChI=1S/C16H25N/c1-6-11-17(12-7-2)16-10-8-9-15(13(3)4)14(16)5/h8-10H,3,6-7,11-12H2,1-2,4-5H3. The molecule has 0 radical (unpaired) electrons. The molecule has 0 amide bonds. The van der Waals surface area contributed by atoms with E-state index in [1.54, 1.807) is 0 Å². The van der Waals surface area contributed by atoms with Crippen LogP contribution >= 0.6 is 0 Å². The molecule has 0 fully saturated rings. The third-order valence-electron chi connectivity index (χ3n) is 3.09. The zero-order valence-corrected chi connectivity index (χ0v) is 11.7. The van der Waals surface area contributed by atoms with Crippen molar-refractivity contribution in [3.63, 3.8) is 0 Å². The largest absolute Gasteiger partial charge is 0.371 e. The fourth-order valence-corrected chi connectivity index (χ4v) is 2.32. The minimum Gasteiger partial charge on any atom is -0.371 e. The van der Waals surface area contributed by atoms with Gasteiger partial charge in [-0.25, -0.2) is 0 Å². The van der Waals surface area contributed by atoms with Crippen LogP contribution in [0.25, 0.3) is 5.57 Å². The van der Waals surface area contributed by atoms with Gasteiger partial charge in [0.2, 0.25) is 0 Å². The third-order valence-corrected chi connectivity index (χ3v) is 3.09. The highest BCUT2D eigenvalue weighted by atomic mass is 15.1. The summed E-state index contributed by atoms with van der Waals surface area (Å²) in [5.74, 6) is 0. The zero-order chi connectivity index (χ0) is 12.8. The average Bonchev–Trinajstić information content (AvgIpc) is 2.29. The third kappa shape index (κ3) is 3.36. The van der Waals surface area contributed by atoms with E-state index in [9.17, 15) is 0 Å². The Morgan fingerprint density at radius 3 is 2.24 bits per heavy atom. The fourth-order valence-electron chi connectivity index (χ4n) is 2.32. The van der Waals surface area contributed by atoms with E-state index >= 15 is 0 Å². The summed E-state index contributed by atoms with van der Waals surface area (Å²) < 4.78 is 0. The van der Waals surface area contributed by atoms with Crippen molar-refractivity contribution >= 4 is 11.3 Å². The van der Waals surface area contributed by atoms with Gasteiger partial charge in [0.15, 0.2) is 0 Å². The van der Waals surface area contributed by atoms with Crippen molar-refractivity contribution < 1.29 is 0 Å². The molecule has 17 heavy (non-hydrogen) atoms. The fraction of sp³-hybridized carbons (Fsp3) is 0.500. The predicted octanol–water partition coefficient (Wildman–Crippen LogP) is 4.65. The molecule has 0 saturated carbocycles. The molecule has 0 atom stereocenters. The number of benzene rings is 1. The summed E-state index contributed by atoms with van der Waals surface area (Å²) in [4.78, 5) is 2.49. The van der Waals surface area contributed by atoms with Gasteiger partial charge in [0.1, 0.15) is 0 Å². The van der Waals surface area contributed by atoms with E-state index < -0.39 is 0 Å². The molecule has 0 aliphatic carbocycles. The maximum absolute atomic E-state index is 4.06. The van der Waals surface area contributed by atoms with Gasteiger partial charge in [0.05, 0.1) is 0 Å². The summed E-state index contributed by atoms with van der Waals surface area (Å²) in [6.07, 6.45) is 2.38. The second-order valence-corrected chi connectivity index (χ2v) is 4.72. The normalized spacial score (nSPS) is 10.4. The van der Waals surface area contributed by atoms with E-state index in [2.05, 4.69) is 57.4 Å². The van der Waals surface area contributed by atoms with Crippen LogP contribution in [0.5, 0.6) is 0 Å². The first-order valence-electron chi connectivity index (χ1n) is 6.62. The van der Waals surface area contributed by atoms with Crippen LogP contribution in [0.1, 0.15) is 44.7 Å². The van der Waals surface area contributed by atoms with Crippen LogP contribution in [0.2, 0.25) is 0 Å². The van der Waals surface area contributed by atoms with E-state index in [4.69, 9.17) is 0 Å². The molecule has 0 aliphatic rings. The molecule has 1 aromatic carbocycles. The quantitative estimate of drug-likeness (QED) is 0.688. The highest BCUT2D eigenvalue weighted by Gasteiger charge is 2.10. The molecule has 0 aromatic heterocycles. The summed E-state index contributed by atoms with van der Waals surface area (Å²) in [6, 6.07) is 6.54. The van der Waals surface area contributed by atoms with Crippen molar-refractivity contribution in [2.24, 2.45) is 0 Å². The Morgan fingerprint density at radius 2 is 1.76 bits per heavy atom. The molecular formula is C16H25N. The molecule has 0 aliphatic heterocycles. The van der Waals surface area contributed by atoms with Crippen LogP contribution in [0, 0.1) is 6.92 Å². The van der Waals surface area contributed by atoms with Crippen LogP contribution in [0.3, 0.4) is 0 Å². The van der Waals surface area contributed by atoms with Crippen LogP contribution in [-0.4, -0.2) is 13.1 Å². The lowest BCUT2D eigenvalue weighted by atomic mass is 10.0. The van der Waals surface area contributed by atoms with Gasteiger partial charge in [-0.05, 0) is 43.9 Å². The first-order valence-corrected chi connectivity index (χ1v) is 6.62. The van der Waals surface area contributed by atoms with Gasteiger partial charge in [-0.1, -0.05) is 38.1 Å². The SMILES string of the molecule is C=C(C)c1cccc(N(CCC)CCC)c1C. The summed E-state index contributed by atoms with van der Waals surface area (Å²) >= 11 is 0. The highest BCUT2D eigenvalue weighted by molar-refractivity contribution is 5.71. The van der Waals surface area contributed by atoms with Crippen molar-refractivity contribution in [1.82, 2.24) is 0 Å². The minimum atomic E-state index is 1.13. The topological polar surface area (TPSA) is 3.24 Å². The molecule has 1 aromatic rings. The second kappa shape index (κ2) is 6.48.